The van der Waals surface area contributed by atoms with Crippen LogP contribution in [0.1, 0.15) is 43.4 Å². The van der Waals surface area contributed by atoms with Crippen molar-refractivity contribution in [2.24, 2.45) is 4.99 Å². The number of rotatable bonds is 8. The summed E-state index contributed by atoms with van der Waals surface area (Å²) in [6.45, 7) is 8.21. The molecule has 29 heavy (non-hydrogen) atoms. The van der Waals surface area contributed by atoms with Gasteiger partial charge in [-0.25, -0.2) is 9.38 Å². The van der Waals surface area contributed by atoms with Crippen molar-refractivity contribution in [2.75, 3.05) is 13.1 Å². The molecule has 158 valence electrons. The number of nitrogens with zero attached hydrogens (tertiary/aromatic N) is 2. The van der Waals surface area contributed by atoms with Crippen molar-refractivity contribution in [3.05, 3.63) is 52.8 Å². The molecule has 0 saturated heterocycles. The summed E-state index contributed by atoms with van der Waals surface area (Å²) in [5, 5.41) is 11.8. The molecule has 0 aliphatic carbocycles. The topological polar surface area (TPSA) is 78.2 Å². The van der Waals surface area contributed by atoms with Crippen molar-refractivity contribution < 1.29 is 8.91 Å². The first-order chi connectivity index (χ1) is 13.7. The molecule has 3 rings (SSSR count). The van der Waals surface area contributed by atoms with E-state index in [0.29, 0.717) is 6.54 Å². The predicted octanol–water partition coefficient (Wildman–Crippen LogP) is 4.34. The monoisotopic (exact) mass is 513 g/mol. The van der Waals surface area contributed by atoms with Gasteiger partial charge in [-0.2, -0.15) is 0 Å². The summed E-state index contributed by atoms with van der Waals surface area (Å²) < 4.78 is 18.7. The lowest BCUT2D eigenvalue weighted by atomic mass is 10.1. The summed E-state index contributed by atoms with van der Waals surface area (Å²) in [7, 11) is 0. The van der Waals surface area contributed by atoms with E-state index in [2.05, 4.69) is 34.6 Å². The number of halogens is 2. The fourth-order valence-electron chi connectivity index (χ4n) is 3.30. The third-order valence-corrected chi connectivity index (χ3v) is 4.76. The van der Waals surface area contributed by atoms with E-state index in [1.54, 1.807) is 0 Å². The minimum Gasteiger partial charge on any atom is -0.361 e. The summed E-state index contributed by atoms with van der Waals surface area (Å²) >= 11 is 0. The molecule has 0 aliphatic heterocycles. The molecule has 0 aliphatic rings. The van der Waals surface area contributed by atoms with Gasteiger partial charge in [-0.1, -0.05) is 19.0 Å². The lowest BCUT2D eigenvalue weighted by Gasteiger charge is -2.11. The fraction of sp³-hybridized carbons (Fsp3) is 0.429. The molecule has 3 aromatic rings. The second-order valence-electron chi connectivity index (χ2n) is 6.61. The molecule has 3 N–H and O–H groups in total. The standard InChI is InChI=1S/C21H28FN5O.HI/c1-4-18-17(20(5-2)28-27-18)13-26-21(23-6-3)24-10-9-14-12-25-19-11-15(22)7-8-16(14)19;/h7-8,11-12,25H,4-6,9-10,13H2,1-3H3,(H2,23,24,26);1H. The van der Waals surface area contributed by atoms with Crippen molar-refractivity contribution in [1.82, 2.24) is 20.8 Å². The van der Waals surface area contributed by atoms with Crippen LogP contribution in [0, 0.1) is 5.82 Å². The minimum absolute atomic E-state index is 0. The maximum Gasteiger partial charge on any atom is 0.191 e. The largest absolute Gasteiger partial charge is 0.361 e. The molecule has 8 heteroatoms. The zero-order valence-corrected chi connectivity index (χ0v) is 19.5. The van der Waals surface area contributed by atoms with E-state index in [1.165, 1.54) is 12.1 Å². The molecule has 2 aromatic heterocycles. The molecule has 0 amide bonds. The lowest BCUT2D eigenvalue weighted by molar-refractivity contribution is 0.380. The van der Waals surface area contributed by atoms with E-state index >= 15 is 0 Å². The highest BCUT2D eigenvalue weighted by Gasteiger charge is 2.13. The molecule has 1 aromatic carbocycles. The van der Waals surface area contributed by atoms with Gasteiger partial charge in [0.05, 0.1) is 12.2 Å². The van der Waals surface area contributed by atoms with Crippen LogP contribution in [0.4, 0.5) is 4.39 Å². The van der Waals surface area contributed by atoms with Gasteiger partial charge in [-0.15, -0.1) is 24.0 Å². The van der Waals surface area contributed by atoms with Crippen molar-refractivity contribution in [2.45, 2.75) is 46.6 Å². The number of hydrogen-bond donors (Lipinski definition) is 3. The fourth-order valence-corrected chi connectivity index (χ4v) is 3.30. The van der Waals surface area contributed by atoms with Crippen LogP contribution >= 0.6 is 24.0 Å². The Morgan fingerprint density at radius 2 is 2.03 bits per heavy atom. The Morgan fingerprint density at radius 1 is 1.21 bits per heavy atom. The van der Waals surface area contributed by atoms with Crippen LogP contribution in [-0.4, -0.2) is 29.2 Å². The van der Waals surface area contributed by atoms with Crippen LogP contribution in [0.5, 0.6) is 0 Å². The molecule has 2 heterocycles. The Morgan fingerprint density at radius 3 is 2.76 bits per heavy atom. The molecule has 0 atom stereocenters. The molecule has 0 spiro atoms. The van der Waals surface area contributed by atoms with Crippen molar-refractivity contribution >= 4 is 40.8 Å². The second-order valence-corrected chi connectivity index (χ2v) is 6.61. The Labute approximate surface area is 187 Å². The van der Waals surface area contributed by atoms with E-state index in [4.69, 9.17) is 9.52 Å². The highest BCUT2D eigenvalue weighted by molar-refractivity contribution is 14.0. The number of benzene rings is 1. The number of H-pyrrole nitrogens is 1. The van der Waals surface area contributed by atoms with Crippen LogP contribution in [0.15, 0.2) is 33.9 Å². The molecular weight excluding hydrogens is 484 g/mol. The molecule has 0 radical (unpaired) electrons. The first-order valence-corrected chi connectivity index (χ1v) is 9.90. The Kier molecular flexibility index (Phi) is 8.94. The normalized spacial score (nSPS) is 11.5. The number of guanidine groups is 1. The summed E-state index contributed by atoms with van der Waals surface area (Å²) in [5.41, 5.74) is 4.03. The quantitative estimate of drug-likeness (QED) is 0.238. The van der Waals surface area contributed by atoms with Gasteiger partial charge in [0.15, 0.2) is 5.96 Å². The van der Waals surface area contributed by atoms with Gasteiger partial charge in [-0.3, -0.25) is 0 Å². The van der Waals surface area contributed by atoms with Gasteiger partial charge in [0.1, 0.15) is 11.6 Å². The minimum atomic E-state index is -0.229. The molecule has 0 fully saturated rings. The van der Waals surface area contributed by atoms with Gasteiger partial charge in [0.2, 0.25) is 0 Å². The Hall–Kier alpha value is -2.10. The van der Waals surface area contributed by atoms with Crippen LogP contribution < -0.4 is 10.6 Å². The SMILES string of the molecule is CCNC(=NCc1c(CC)noc1CC)NCCc1c[nH]c2cc(F)ccc12.I. The number of aromatic amines is 1. The third kappa shape index (κ3) is 5.71. The van der Waals surface area contributed by atoms with Crippen molar-refractivity contribution in [3.8, 4) is 0 Å². The molecular formula is C21H29FIN5O. The highest BCUT2D eigenvalue weighted by Crippen LogP contribution is 2.19. The smallest absolute Gasteiger partial charge is 0.191 e. The average molecular weight is 513 g/mol. The first kappa shape index (κ1) is 23.2. The summed E-state index contributed by atoms with van der Waals surface area (Å²) in [5.74, 6) is 1.44. The number of hydrogen-bond acceptors (Lipinski definition) is 3. The average Bonchev–Trinajstić information content (AvgIpc) is 3.29. The van der Waals surface area contributed by atoms with Crippen LogP contribution in [0.2, 0.25) is 0 Å². The van der Waals surface area contributed by atoms with E-state index < -0.39 is 0 Å². The molecule has 6 nitrogen and oxygen atoms in total. The highest BCUT2D eigenvalue weighted by atomic mass is 127. The van der Waals surface area contributed by atoms with Crippen molar-refractivity contribution in [3.63, 3.8) is 0 Å². The molecule has 0 unspecified atom stereocenters. The zero-order valence-electron chi connectivity index (χ0n) is 17.1. The van der Waals surface area contributed by atoms with Crippen molar-refractivity contribution in [1.29, 1.82) is 0 Å². The Bertz CT molecular complexity index is 928. The first-order valence-electron chi connectivity index (χ1n) is 9.90. The van der Waals surface area contributed by atoms with Crippen LogP contribution in [0.25, 0.3) is 10.9 Å². The van der Waals surface area contributed by atoms with E-state index in [9.17, 15) is 4.39 Å². The maximum atomic E-state index is 13.3. The van der Waals surface area contributed by atoms with Crippen LogP contribution in [0.3, 0.4) is 0 Å². The maximum absolute atomic E-state index is 13.3. The van der Waals surface area contributed by atoms with E-state index in [-0.39, 0.29) is 29.8 Å². The third-order valence-electron chi connectivity index (χ3n) is 4.76. The zero-order chi connectivity index (χ0) is 19.9. The molecule has 0 saturated carbocycles. The van der Waals surface area contributed by atoms with Gasteiger partial charge in [0, 0.05) is 42.2 Å². The van der Waals surface area contributed by atoms with E-state index in [0.717, 1.165) is 71.8 Å². The number of nitrogens with one attached hydrogen (secondary N) is 3. The second kappa shape index (κ2) is 11.2. The van der Waals surface area contributed by atoms with E-state index in [1.807, 2.05) is 19.2 Å². The lowest BCUT2D eigenvalue weighted by Crippen LogP contribution is -2.38. The van der Waals surface area contributed by atoms with Crippen LogP contribution in [-0.2, 0) is 25.8 Å². The predicted molar refractivity (Wildman–Crippen MR) is 125 cm³/mol. The van der Waals surface area contributed by atoms with Gasteiger partial charge in [-0.05, 0) is 43.5 Å². The number of aryl methyl sites for hydroxylation is 2. The summed E-state index contributed by atoms with van der Waals surface area (Å²) in [4.78, 5) is 7.83. The Balaban J connectivity index is 0.00000300. The number of fused-ring (bicyclic) bond motifs is 1. The molecule has 0 bridgehead atoms. The number of aromatic nitrogens is 2. The summed E-state index contributed by atoms with van der Waals surface area (Å²) in [6.07, 6.45) is 4.39. The van der Waals surface area contributed by atoms with Gasteiger partial charge in [0.25, 0.3) is 0 Å². The van der Waals surface area contributed by atoms with Gasteiger partial charge < -0.3 is 20.1 Å². The number of aliphatic imine (C=N–C) groups is 1. The summed E-state index contributed by atoms with van der Waals surface area (Å²) in [6, 6.07) is 4.84. The van der Waals surface area contributed by atoms with Gasteiger partial charge >= 0.3 is 0 Å².